The van der Waals surface area contributed by atoms with Crippen LogP contribution in [0, 0.1) is 5.92 Å². The molecule has 4 heteroatoms. The van der Waals surface area contributed by atoms with E-state index in [1.54, 1.807) is 0 Å². The van der Waals surface area contributed by atoms with Crippen LogP contribution < -0.4 is 11.1 Å². The minimum atomic E-state index is -0.289. The SMILES string of the molecule is CC(C)C(NC1CCCc2cccnc21)C(N)=O. The van der Waals surface area contributed by atoms with E-state index in [2.05, 4.69) is 16.4 Å². The first-order chi connectivity index (χ1) is 8.59. The van der Waals surface area contributed by atoms with Gasteiger partial charge < -0.3 is 5.73 Å². The summed E-state index contributed by atoms with van der Waals surface area (Å²) in [5.41, 5.74) is 7.82. The molecule has 98 valence electrons. The molecular formula is C14H21N3O. The number of aryl methyl sites for hydroxylation is 1. The van der Waals surface area contributed by atoms with Gasteiger partial charge in [0, 0.05) is 6.20 Å². The Morgan fingerprint density at radius 1 is 1.56 bits per heavy atom. The lowest BCUT2D eigenvalue weighted by molar-refractivity contribution is -0.121. The van der Waals surface area contributed by atoms with Crippen LogP contribution in [0.1, 0.15) is 44.0 Å². The topological polar surface area (TPSA) is 68.0 Å². The van der Waals surface area contributed by atoms with Crippen LogP contribution in [0.2, 0.25) is 0 Å². The standard InChI is InChI=1S/C14H21N3O/c1-9(2)12(14(15)18)17-11-7-3-5-10-6-4-8-16-13(10)11/h4,6,8-9,11-12,17H,3,5,7H2,1-2H3,(H2,15,18). The number of carbonyl (C=O) groups is 1. The molecular weight excluding hydrogens is 226 g/mol. The van der Waals surface area contributed by atoms with Crippen LogP contribution in [-0.4, -0.2) is 16.9 Å². The molecule has 0 spiro atoms. The van der Waals surface area contributed by atoms with Gasteiger partial charge in [0.25, 0.3) is 0 Å². The highest BCUT2D eigenvalue weighted by Crippen LogP contribution is 2.28. The van der Waals surface area contributed by atoms with Crippen molar-refractivity contribution in [3.63, 3.8) is 0 Å². The largest absolute Gasteiger partial charge is 0.368 e. The Labute approximate surface area is 108 Å². The highest BCUT2D eigenvalue weighted by molar-refractivity contribution is 5.80. The molecule has 4 nitrogen and oxygen atoms in total. The number of hydrogen-bond acceptors (Lipinski definition) is 3. The number of amides is 1. The van der Waals surface area contributed by atoms with Crippen molar-refractivity contribution in [1.82, 2.24) is 10.3 Å². The Hall–Kier alpha value is -1.42. The lowest BCUT2D eigenvalue weighted by Crippen LogP contribution is -2.47. The fraction of sp³-hybridized carbons (Fsp3) is 0.571. The summed E-state index contributed by atoms with van der Waals surface area (Å²) in [6.07, 6.45) is 5.03. The molecule has 0 bridgehead atoms. The van der Waals surface area contributed by atoms with Gasteiger partial charge in [0.1, 0.15) is 0 Å². The minimum Gasteiger partial charge on any atom is -0.368 e. The maximum Gasteiger partial charge on any atom is 0.234 e. The molecule has 0 aliphatic heterocycles. The molecule has 1 amide bonds. The minimum absolute atomic E-state index is 0.148. The smallest absolute Gasteiger partial charge is 0.234 e. The highest BCUT2D eigenvalue weighted by atomic mass is 16.1. The third kappa shape index (κ3) is 2.70. The Balaban J connectivity index is 2.18. The van der Waals surface area contributed by atoms with E-state index < -0.39 is 0 Å². The molecule has 1 aliphatic rings. The Morgan fingerprint density at radius 3 is 3.00 bits per heavy atom. The summed E-state index contributed by atoms with van der Waals surface area (Å²) in [5.74, 6) is -0.0929. The lowest BCUT2D eigenvalue weighted by Gasteiger charge is -2.30. The summed E-state index contributed by atoms with van der Waals surface area (Å²) >= 11 is 0. The summed E-state index contributed by atoms with van der Waals surface area (Å²) in [6.45, 7) is 4.01. The van der Waals surface area contributed by atoms with Crippen molar-refractivity contribution in [3.05, 3.63) is 29.6 Å². The second-order valence-electron chi connectivity index (χ2n) is 5.28. The van der Waals surface area contributed by atoms with E-state index in [0.717, 1.165) is 25.0 Å². The first kappa shape index (κ1) is 13.0. The van der Waals surface area contributed by atoms with Crippen LogP contribution in [0.25, 0.3) is 0 Å². The van der Waals surface area contributed by atoms with E-state index in [-0.39, 0.29) is 23.9 Å². The summed E-state index contributed by atoms with van der Waals surface area (Å²) in [7, 11) is 0. The molecule has 0 aromatic carbocycles. The van der Waals surface area contributed by atoms with E-state index >= 15 is 0 Å². The zero-order valence-electron chi connectivity index (χ0n) is 11.0. The number of hydrogen-bond donors (Lipinski definition) is 2. The molecule has 0 saturated heterocycles. The Kier molecular flexibility index (Phi) is 3.97. The molecule has 2 rings (SSSR count). The van der Waals surface area contributed by atoms with Crippen molar-refractivity contribution in [2.45, 2.75) is 45.2 Å². The molecule has 2 atom stereocenters. The molecule has 3 N–H and O–H groups in total. The fourth-order valence-corrected chi connectivity index (χ4v) is 2.59. The van der Waals surface area contributed by atoms with Crippen molar-refractivity contribution < 1.29 is 4.79 Å². The zero-order valence-corrected chi connectivity index (χ0v) is 11.0. The first-order valence-electron chi connectivity index (χ1n) is 6.58. The number of nitrogens with two attached hydrogens (primary N) is 1. The van der Waals surface area contributed by atoms with Crippen molar-refractivity contribution in [1.29, 1.82) is 0 Å². The predicted molar refractivity (Wildman–Crippen MR) is 70.9 cm³/mol. The van der Waals surface area contributed by atoms with Crippen LogP contribution >= 0.6 is 0 Å². The van der Waals surface area contributed by atoms with Gasteiger partial charge in [-0.15, -0.1) is 0 Å². The summed E-state index contributed by atoms with van der Waals surface area (Å²) in [4.78, 5) is 15.9. The predicted octanol–water partition coefficient (Wildman–Crippen LogP) is 1.56. The van der Waals surface area contributed by atoms with E-state index in [9.17, 15) is 4.79 Å². The number of aromatic nitrogens is 1. The van der Waals surface area contributed by atoms with Crippen LogP contribution in [-0.2, 0) is 11.2 Å². The number of fused-ring (bicyclic) bond motifs is 1. The molecule has 0 fully saturated rings. The average molecular weight is 247 g/mol. The van der Waals surface area contributed by atoms with E-state index in [0.29, 0.717) is 0 Å². The number of rotatable bonds is 4. The number of primary amides is 1. The van der Waals surface area contributed by atoms with Gasteiger partial charge in [-0.3, -0.25) is 15.1 Å². The summed E-state index contributed by atoms with van der Waals surface area (Å²) in [5, 5.41) is 3.37. The van der Waals surface area contributed by atoms with Crippen molar-refractivity contribution in [2.24, 2.45) is 11.7 Å². The molecule has 1 aromatic rings. The first-order valence-corrected chi connectivity index (χ1v) is 6.58. The zero-order chi connectivity index (χ0) is 13.1. The summed E-state index contributed by atoms with van der Waals surface area (Å²) in [6, 6.07) is 3.94. The third-order valence-corrected chi connectivity index (χ3v) is 3.55. The lowest BCUT2D eigenvalue weighted by atomic mass is 9.90. The Morgan fingerprint density at radius 2 is 2.33 bits per heavy atom. The molecule has 1 aliphatic carbocycles. The average Bonchev–Trinajstić information content (AvgIpc) is 2.35. The van der Waals surface area contributed by atoms with Gasteiger partial charge in [-0.1, -0.05) is 19.9 Å². The second-order valence-corrected chi connectivity index (χ2v) is 5.28. The molecule has 1 heterocycles. The molecule has 1 aromatic heterocycles. The number of nitrogens with one attached hydrogen (secondary N) is 1. The summed E-state index contributed by atoms with van der Waals surface area (Å²) < 4.78 is 0. The van der Waals surface area contributed by atoms with Gasteiger partial charge in [0.15, 0.2) is 0 Å². The third-order valence-electron chi connectivity index (χ3n) is 3.55. The number of pyridine rings is 1. The van der Waals surface area contributed by atoms with Gasteiger partial charge in [0.2, 0.25) is 5.91 Å². The fourth-order valence-electron chi connectivity index (χ4n) is 2.59. The highest BCUT2D eigenvalue weighted by Gasteiger charge is 2.27. The number of carbonyl (C=O) groups excluding carboxylic acids is 1. The van der Waals surface area contributed by atoms with Crippen molar-refractivity contribution in [2.75, 3.05) is 0 Å². The van der Waals surface area contributed by atoms with Gasteiger partial charge in [-0.05, 0) is 36.8 Å². The van der Waals surface area contributed by atoms with Crippen molar-refractivity contribution in [3.8, 4) is 0 Å². The van der Waals surface area contributed by atoms with E-state index in [1.807, 2.05) is 26.1 Å². The van der Waals surface area contributed by atoms with Crippen LogP contribution in [0.3, 0.4) is 0 Å². The maximum atomic E-state index is 11.5. The van der Waals surface area contributed by atoms with Crippen LogP contribution in [0.4, 0.5) is 0 Å². The molecule has 2 unspecified atom stereocenters. The van der Waals surface area contributed by atoms with Gasteiger partial charge >= 0.3 is 0 Å². The number of nitrogens with zero attached hydrogens (tertiary/aromatic N) is 1. The normalized spacial score (nSPS) is 20.5. The Bertz CT molecular complexity index is 431. The van der Waals surface area contributed by atoms with E-state index in [4.69, 9.17) is 5.73 Å². The molecule has 0 saturated carbocycles. The van der Waals surface area contributed by atoms with Crippen LogP contribution in [0.5, 0.6) is 0 Å². The van der Waals surface area contributed by atoms with Gasteiger partial charge in [0.05, 0.1) is 17.8 Å². The van der Waals surface area contributed by atoms with Crippen molar-refractivity contribution >= 4 is 5.91 Å². The quantitative estimate of drug-likeness (QED) is 0.848. The monoisotopic (exact) mass is 247 g/mol. The maximum absolute atomic E-state index is 11.5. The molecule has 0 radical (unpaired) electrons. The van der Waals surface area contributed by atoms with Gasteiger partial charge in [-0.2, -0.15) is 0 Å². The second kappa shape index (κ2) is 5.48. The molecule has 18 heavy (non-hydrogen) atoms. The van der Waals surface area contributed by atoms with Crippen LogP contribution in [0.15, 0.2) is 18.3 Å². The van der Waals surface area contributed by atoms with E-state index in [1.165, 1.54) is 5.56 Å². The van der Waals surface area contributed by atoms with Gasteiger partial charge in [-0.25, -0.2) is 0 Å².